The summed E-state index contributed by atoms with van der Waals surface area (Å²) in [6.45, 7) is 6.45. The first-order valence-corrected chi connectivity index (χ1v) is 14.4. The predicted octanol–water partition coefficient (Wildman–Crippen LogP) is 5.41. The van der Waals surface area contributed by atoms with Gasteiger partial charge in [0.1, 0.15) is 14.2 Å². The van der Waals surface area contributed by atoms with Gasteiger partial charge in [0, 0.05) is 27.8 Å². The number of rotatable bonds is 1. The van der Waals surface area contributed by atoms with Gasteiger partial charge in [-0.1, -0.05) is 97.8 Å². The highest BCUT2D eigenvalue weighted by molar-refractivity contribution is 6.83. The number of hydrogen-bond donors (Lipinski definition) is 1. The maximum absolute atomic E-state index is 10.5. The molecule has 0 fully saturated rings. The molecule has 2 heteroatoms. The molecule has 0 bridgehead atoms. The topological polar surface area (TPSA) is 20.2 Å². The van der Waals surface area contributed by atoms with Crippen LogP contribution in [-0.2, 0) is 0 Å². The molecule has 34 heavy (non-hydrogen) atoms. The molecule has 1 atom stereocenters. The minimum atomic E-state index is -1.49. The fraction of sp³-hybridized carbons (Fsp3) is 0.125. The fourth-order valence-electron chi connectivity index (χ4n) is 2.81. The van der Waals surface area contributed by atoms with Crippen molar-refractivity contribution in [2.24, 2.45) is 0 Å². The summed E-state index contributed by atoms with van der Waals surface area (Å²) in [6, 6.07) is 25.0. The van der Waals surface area contributed by atoms with Gasteiger partial charge in [0.25, 0.3) is 0 Å². The molecule has 162 valence electrons. The van der Waals surface area contributed by atoms with Gasteiger partial charge in [-0.15, -0.1) is 5.54 Å². The summed E-state index contributed by atoms with van der Waals surface area (Å²) in [4.78, 5) is 0. The molecule has 0 saturated carbocycles. The first kappa shape index (κ1) is 24.3. The van der Waals surface area contributed by atoms with Crippen molar-refractivity contribution in [3.8, 4) is 58.8 Å². The molecule has 0 aliphatic heterocycles. The van der Waals surface area contributed by atoms with Crippen molar-refractivity contribution in [1.82, 2.24) is 0 Å². The van der Waals surface area contributed by atoms with E-state index in [0.29, 0.717) is 11.1 Å². The van der Waals surface area contributed by atoms with E-state index in [-0.39, 0.29) is 0 Å². The number of hydrogen-bond acceptors (Lipinski definition) is 1. The van der Waals surface area contributed by atoms with Gasteiger partial charge >= 0.3 is 0 Å². The van der Waals surface area contributed by atoms with Crippen molar-refractivity contribution in [2.45, 2.75) is 25.7 Å². The fourth-order valence-corrected chi connectivity index (χ4v) is 3.25. The van der Waals surface area contributed by atoms with Gasteiger partial charge in [-0.05, 0) is 54.0 Å². The lowest BCUT2D eigenvalue weighted by Crippen LogP contribution is -2.16. The number of aliphatic hydroxyl groups excluding tert-OH is 1. The molecule has 3 rings (SSSR count). The van der Waals surface area contributed by atoms with Crippen LogP contribution < -0.4 is 0 Å². The molecule has 1 unspecified atom stereocenters. The van der Waals surface area contributed by atoms with Crippen LogP contribution in [-0.4, -0.2) is 13.2 Å². The first-order valence-electron chi connectivity index (χ1n) is 10.9. The Morgan fingerprint density at radius 1 is 0.588 bits per heavy atom. The van der Waals surface area contributed by atoms with E-state index in [1.54, 1.807) is 0 Å². The van der Waals surface area contributed by atoms with Gasteiger partial charge < -0.3 is 5.11 Å². The molecule has 0 aliphatic carbocycles. The molecule has 1 nitrogen and oxygen atoms in total. The second kappa shape index (κ2) is 12.0. The van der Waals surface area contributed by atoms with Crippen LogP contribution in [0.25, 0.3) is 0 Å². The van der Waals surface area contributed by atoms with Crippen LogP contribution in [0.5, 0.6) is 0 Å². The summed E-state index contributed by atoms with van der Waals surface area (Å²) in [5.74, 6) is 26.7. The Balaban J connectivity index is 1.81. The minimum absolute atomic E-state index is 0.647. The zero-order chi connectivity index (χ0) is 24.2. The Kier molecular flexibility index (Phi) is 8.59. The van der Waals surface area contributed by atoms with Crippen molar-refractivity contribution in [2.75, 3.05) is 0 Å². The summed E-state index contributed by atoms with van der Waals surface area (Å²) in [7, 11) is -1.49. The molecule has 0 aromatic heterocycles. The van der Waals surface area contributed by atoms with E-state index in [2.05, 4.69) is 78.5 Å². The van der Waals surface area contributed by atoms with Gasteiger partial charge in [-0.2, -0.15) is 0 Å². The van der Waals surface area contributed by atoms with E-state index in [4.69, 9.17) is 0 Å². The third kappa shape index (κ3) is 7.96. The highest BCUT2D eigenvalue weighted by Gasteiger charge is 2.08. The van der Waals surface area contributed by atoms with Gasteiger partial charge in [0.2, 0.25) is 0 Å². The highest BCUT2D eigenvalue weighted by Crippen LogP contribution is 2.16. The van der Waals surface area contributed by atoms with Crippen LogP contribution >= 0.6 is 0 Å². The summed E-state index contributed by atoms with van der Waals surface area (Å²) in [6.07, 6.45) is -0.955. The molecule has 3 aromatic carbocycles. The van der Waals surface area contributed by atoms with Gasteiger partial charge in [-0.3, -0.25) is 0 Å². The van der Waals surface area contributed by atoms with Crippen molar-refractivity contribution in [1.29, 1.82) is 0 Å². The van der Waals surface area contributed by atoms with E-state index >= 15 is 0 Å². The average molecular weight is 453 g/mol. The normalized spacial score (nSPS) is 10.2. The zero-order valence-electron chi connectivity index (χ0n) is 19.5. The molecule has 0 amide bonds. The van der Waals surface area contributed by atoms with Crippen LogP contribution in [0, 0.1) is 58.8 Å². The van der Waals surface area contributed by atoms with E-state index in [1.165, 1.54) is 0 Å². The van der Waals surface area contributed by atoms with Crippen LogP contribution in [0.4, 0.5) is 0 Å². The summed E-state index contributed by atoms with van der Waals surface area (Å²) in [5, 5.41) is 10.5. The third-order valence-electron chi connectivity index (χ3n) is 4.46. The quantitative estimate of drug-likeness (QED) is 0.387. The van der Waals surface area contributed by atoms with Crippen molar-refractivity contribution in [3.05, 3.63) is 107 Å². The predicted molar refractivity (Wildman–Crippen MR) is 143 cm³/mol. The lowest BCUT2D eigenvalue weighted by atomic mass is 10.0. The Bertz CT molecular complexity index is 1470. The minimum Gasteiger partial charge on any atom is -0.376 e. The third-order valence-corrected chi connectivity index (χ3v) is 5.34. The zero-order valence-corrected chi connectivity index (χ0v) is 20.5. The molecule has 1 N–H and O–H groups in total. The Morgan fingerprint density at radius 3 is 1.82 bits per heavy atom. The average Bonchev–Trinajstić information content (AvgIpc) is 2.84. The molecule has 0 heterocycles. The molecule has 0 radical (unpaired) electrons. The van der Waals surface area contributed by atoms with Crippen LogP contribution in [0.2, 0.25) is 19.6 Å². The summed E-state index contributed by atoms with van der Waals surface area (Å²) < 4.78 is 0. The maximum Gasteiger partial charge on any atom is 0.142 e. The van der Waals surface area contributed by atoms with E-state index < -0.39 is 14.2 Å². The number of benzene rings is 3. The molecular weight excluding hydrogens is 428 g/mol. The Labute approximate surface area is 204 Å². The summed E-state index contributed by atoms with van der Waals surface area (Å²) >= 11 is 0. The lowest BCUT2D eigenvalue weighted by Gasteiger charge is -2.05. The Hall–Kier alpha value is -4.36. The lowest BCUT2D eigenvalue weighted by molar-refractivity contribution is 0.238. The van der Waals surface area contributed by atoms with Crippen molar-refractivity contribution in [3.63, 3.8) is 0 Å². The largest absolute Gasteiger partial charge is 0.376 e. The van der Waals surface area contributed by atoms with Crippen LogP contribution in [0.3, 0.4) is 0 Å². The SMILES string of the molecule is C[Si](C)(C)C#CC#CC(O)c1ccccc1C#CC#Cc1ccccc1C#Cc1ccccc1. The smallest absolute Gasteiger partial charge is 0.142 e. The monoisotopic (exact) mass is 452 g/mol. The molecule has 0 aliphatic rings. The van der Waals surface area contributed by atoms with Crippen LogP contribution in [0.1, 0.15) is 33.9 Å². The molecular formula is C32H24OSi. The van der Waals surface area contributed by atoms with Gasteiger partial charge in [0.05, 0.1) is 0 Å². The van der Waals surface area contributed by atoms with Gasteiger partial charge in [0.15, 0.2) is 0 Å². The molecule has 0 spiro atoms. The van der Waals surface area contributed by atoms with Crippen molar-refractivity contribution < 1.29 is 5.11 Å². The van der Waals surface area contributed by atoms with Crippen molar-refractivity contribution >= 4 is 8.07 Å². The Morgan fingerprint density at radius 2 is 1.15 bits per heavy atom. The first-order chi connectivity index (χ1) is 16.4. The highest BCUT2D eigenvalue weighted by atomic mass is 28.3. The second-order valence-electron chi connectivity index (χ2n) is 8.42. The van der Waals surface area contributed by atoms with Crippen LogP contribution in [0.15, 0.2) is 78.9 Å². The molecule has 3 aromatic rings. The summed E-state index contributed by atoms with van der Waals surface area (Å²) in [5.41, 5.74) is 7.13. The standard InChI is InChI=1S/C32H24OSi/c1-34(2,3)26-14-13-23-32(33)31-22-12-11-21-30(31)20-10-9-18-28-17-7-8-19-29(28)25-24-27-15-5-4-6-16-27/h4-8,11-12,15-17,19,21-22,32-33H,1-3H3. The van der Waals surface area contributed by atoms with E-state index in [0.717, 1.165) is 16.7 Å². The van der Waals surface area contributed by atoms with E-state index in [1.807, 2.05) is 78.9 Å². The van der Waals surface area contributed by atoms with Gasteiger partial charge in [-0.25, -0.2) is 0 Å². The van der Waals surface area contributed by atoms with E-state index in [9.17, 15) is 5.11 Å². The maximum atomic E-state index is 10.5. The number of aliphatic hydroxyl groups is 1. The second-order valence-corrected chi connectivity index (χ2v) is 13.2. The molecule has 0 saturated heterocycles.